The smallest absolute Gasteiger partial charge is 0.358 e. The predicted octanol–water partition coefficient (Wildman–Crippen LogP) is 1.26. The average Bonchev–Trinajstić information content (AvgIpc) is 2.26. The van der Waals surface area contributed by atoms with Crippen molar-refractivity contribution in [2.24, 2.45) is 5.73 Å². The van der Waals surface area contributed by atoms with Crippen molar-refractivity contribution in [3.8, 4) is 6.07 Å². The van der Waals surface area contributed by atoms with Crippen LogP contribution in [0.25, 0.3) is 0 Å². The highest BCUT2D eigenvalue weighted by Gasteiger charge is 2.25. The zero-order valence-electron chi connectivity index (χ0n) is 7.85. The van der Waals surface area contributed by atoms with Crippen LogP contribution < -0.4 is 5.73 Å². The number of pyridine rings is 1. The zero-order chi connectivity index (χ0) is 12.3. The normalized spacial score (nSPS) is 10.2. The van der Waals surface area contributed by atoms with Gasteiger partial charge in [-0.2, -0.15) is 5.26 Å². The third-order valence-corrected chi connectivity index (χ3v) is 1.84. The van der Waals surface area contributed by atoms with Crippen LogP contribution in [0.4, 0.5) is 14.6 Å². The minimum absolute atomic E-state index is 0.333. The van der Waals surface area contributed by atoms with Gasteiger partial charge in [0, 0.05) is 0 Å². The van der Waals surface area contributed by atoms with Crippen LogP contribution in [-0.4, -0.2) is 9.91 Å². The lowest BCUT2D eigenvalue weighted by Crippen LogP contribution is -2.09. The molecular weight excluding hydrogens is 222 g/mol. The molecule has 16 heavy (non-hydrogen) atoms. The van der Waals surface area contributed by atoms with E-state index < -0.39 is 34.8 Å². The molecule has 0 amide bonds. The van der Waals surface area contributed by atoms with Gasteiger partial charge in [-0.1, -0.05) is 0 Å². The van der Waals surface area contributed by atoms with Crippen molar-refractivity contribution in [2.45, 2.75) is 13.0 Å². The lowest BCUT2D eigenvalue weighted by molar-refractivity contribution is -0.389. The molecule has 0 saturated carbocycles. The number of hydrogen-bond donors (Lipinski definition) is 1. The second-order valence-corrected chi connectivity index (χ2v) is 2.76. The van der Waals surface area contributed by atoms with E-state index in [1.165, 1.54) is 6.07 Å². The van der Waals surface area contributed by atoms with Crippen LogP contribution in [0.5, 0.6) is 0 Å². The standard InChI is InChI=1S/C8H6F2N4O2/c9-8(10)7-4(2-11)1-6(14(15)16)13-5(7)3-12/h1,8H,3,12H2. The number of nitriles is 1. The molecule has 8 heteroatoms. The number of halogens is 2. The molecule has 2 N–H and O–H groups in total. The highest BCUT2D eigenvalue weighted by atomic mass is 19.3. The zero-order valence-corrected chi connectivity index (χ0v) is 7.85. The van der Waals surface area contributed by atoms with Gasteiger partial charge in [0.1, 0.15) is 6.07 Å². The van der Waals surface area contributed by atoms with E-state index >= 15 is 0 Å². The molecule has 0 aliphatic heterocycles. The molecule has 0 radical (unpaired) electrons. The first kappa shape index (κ1) is 11.9. The van der Waals surface area contributed by atoms with Gasteiger partial charge in [0.05, 0.1) is 23.7 Å². The van der Waals surface area contributed by atoms with Gasteiger partial charge < -0.3 is 15.8 Å². The Morgan fingerprint density at radius 3 is 2.69 bits per heavy atom. The summed E-state index contributed by atoms with van der Waals surface area (Å²) in [4.78, 5) is 12.9. The van der Waals surface area contributed by atoms with Gasteiger partial charge in [0.2, 0.25) is 0 Å². The molecule has 0 saturated heterocycles. The van der Waals surface area contributed by atoms with Crippen LogP contribution in [0.3, 0.4) is 0 Å². The molecule has 1 aromatic rings. The highest BCUT2D eigenvalue weighted by molar-refractivity contribution is 5.45. The number of nitrogens with two attached hydrogens (primary N) is 1. The Morgan fingerprint density at radius 2 is 2.31 bits per heavy atom. The maximum atomic E-state index is 12.6. The third kappa shape index (κ3) is 2.09. The summed E-state index contributed by atoms with van der Waals surface area (Å²) in [6, 6.07) is 2.18. The maximum Gasteiger partial charge on any atom is 0.365 e. The van der Waals surface area contributed by atoms with Gasteiger partial charge in [0.15, 0.2) is 5.69 Å². The van der Waals surface area contributed by atoms with Gasteiger partial charge in [-0.15, -0.1) is 0 Å². The Kier molecular flexibility index (Phi) is 3.42. The molecule has 0 unspecified atom stereocenters. The molecule has 0 fully saturated rings. The summed E-state index contributed by atoms with van der Waals surface area (Å²) in [5.41, 5.74) is 3.70. The molecule has 1 rings (SSSR count). The molecular formula is C8H6F2N4O2. The average molecular weight is 228 g/mol. The van der Waals surface area contributed by atoms with E-state index in [1.807, 2.05) is 0 Å². The Morgan fingerprint density at radius 1 is 1.69 bits per heavy atom. The Labute approximate surface area is 88.5 Å². The van der Waals surface area contributed by atoms with Crippen LogP contribution in [0.15, 0.2) is 6.07 Å². The summed E-state index contributed by atoms with van der Waals surface area (Å²) in [5.74, 6) is -0.665. The second kappa shape index (κ2) is 4.59. The quantitative estimate of drug-likeness (QED) is 0.619. The summed E-state index contributed by atoms with van der Waals surface area (Å²) in [7, 11) is 0. The number of nitrogens with zero attached hydrogens (tertiary/aromatic N) is 3. The summed E-state index contributed by atoms with van der Waals surface area (Å²) >= 11 is 0. The molecule has 6 nitrogen and oxygen atoms in total. The van der Waals surface area contributed by atoms with Crippen LogP contribution >= 0.6 is 0 Å². The van der Waals surface area contributed by atoms with Crippen molar-refractivity contribution in [1.29, 1.82) is 5.26 Å². The molecule has 84 valence electrons. The van der Waals surface area contributed by atoms with Crippen molar-refractivity contribution in [3.05, 3.63) is 33.0 Å². The molecule has 1 aromatic heterocycles. The number of alkyl halides is 2. The van der Waals surface area contributed by atoms with Crippen LogP contribution in [0.2, 0.25) is 0 Å². The monoisotopic (exact) mass is 228 g/mol. The molecule has 0 aliphatic carbocycles. The van der Waals surface area contributed by atoms with Crippen molar-refractivity contribution < 1.29 is 13.7 Å². The van der Waals surface area contributed by atoms with E-state index in [1.54, 1.807) is 0 Å². The summed E-state index contributed by atoms with van der Waals surface area (Å²) in [6.45, 7) is -0.393. The fourth-order valence-corrected chi connectivity index (χ4v) is 1.18. The predicted molar refractivity (Wildman–Crippen MR) is 48.5 cm³/mol. The summed E-state index contributed by atoms with van der Waals surface area (Å²) < 4.78 is 25.2. The van der Waals surface area contributed by atoms with Crippen LogP contribution in [-0.2, 0) is 6.54 Å². The molecule has 0 atom stereocenters. The van der Waals surface area contributed by atoms with E-state index in [0.29, 0.717) is 6.07 Å². The number of aromatic nitrogens is 1. The molecule has 1 heterocycles. The molecule has 0 aliphatic rings. The van der Waals surface area contributed by atoms with Crippen LogP contribution in [0, 0.1) is 21.4 Å². The number of hydrogen-bond acceptors (Lipinski definition) is 5. The lowest BCUT2D eigenvalue weighted by atomic mass is 10.1. The maximum absolute atomic E-state index is 12.6. The first-order valence-electron chi connectivity index (χ1n) is 4.07. The van der Waals surface area contributed by atoms with E-state index in [4.69, 9.17) is 11.0 Å². The van der Waals surface area contributed by atoms with Crippen molar-refractivity contribution >= 4 is 5.82 Å². The Bertz CT molecular complexity index is 470. The molecule has 0 bridgehead atoms. The summed E-state index contributed by atoms with van der Waals surface area (Å²) in [5, 5.41) is 19.0. The van der Waals surface area contributed by atoms with E-state index in [0.717, 1.165) is 0 Å². The Balaban J connectivity index is 3.51. The summed E-state index contributed by atoms with van der Waals surface area (Å²) in [6.07, 6.45) is -2.94. The van der Waals surface area contributed by atoms with Crippen molar-refractivity contribution in [1.82, 2.24) is 4.98 Å². The fourth-order valence-electron chi connectivity index (χ4n) is 1.18. The molecule has 0 aromatic carbocycles. The van der Waals surface area contributed by atoms with Gasteiger partial charge in [-0.3, -0.25) is 0 Å². The van der Waals surface area contributed by atoms with Crippen molar-refractivity contribution in [2.75, 3.05) is 0 Å². The molecule has 0 spiro atoms. The van der Waals surface area contributed by atoms with E-state index in [2.05, 4.69) is 4.98 Å². The van der Waals surface area contributed by atoms with Gasteiger partial charge in [-0.25, -0.2) is 8.78 Å². The fraction of sp³-hybridized carbons (Fsp3) is 0.250. The SMILES string of the molecule is N#Cc1cc([N+](=O)[O-])nc(CN)c1C(F)F. The number of rotatable bonds is 3. The Hall–Kier alpha value is -2.14. The largest absolute Gasteiger partial charge is 0.365 e. The van der Waals surface area contributed by atoms with Crippen LogP contribution in [0.1, 0.15) is 23.2 Å². The van der Waals surface area contributed by atoms with E-state index in [-0.39, 0.29) is 5.69 Å². The van der Waals surface area contributed by atoms with Gasteiger partial charge in [0.25, 0.3) is 6.43 Å². The minimum atomic E-state index is -2.94. The first-order valence-corrected chi connectivity index (χ1v) is 4.07. The van der Waals surface area contributed by atoms with Crippen molar-refractivity contribution in [3.63, 3.8) is 0 Å². The minimum Gasteiger partial charge on any atom is -0.358 e. The topological polar surface area (TPSA) is 106 Å². The number of nitro groups is 1. The lowest BCUT2D eigenvalue weighted by Gasteiger charge is -2.04. The van der Waals surface area contributed by atoms with Gasteiger partial charge in [-0.05, 0) is 9.91 Å². The van der Waals surface area contributed by atoms with E-state index in [9.17, 15) is 18.9 Å². The first-order chi connectivity index (χ1) is 7.51. The highest BCUT2D eigenvalue weighted by Crippen LogP contribution is 2.27. The third-order valence-electron chi connectivity index (χ3n) is 1.84. The second-order valence-electron chi connectivity index (χ2n) is 2.76. The van der Waals surface area contributed by atoms with Gasteiger partial charge >= 0.3 is 5.82 Å².